The summed E-state index contributed by atoms with van der Waals surface area (Å²) in [6.07, 6.45) is 5.55. The number of anilines is 3. The lowest BCUT2D eigenvalue weighted by Gasteiger charge is -2.26. The third kappa shape index (κ3) is 2.84. The molecular formula is C16H19N7S. The second kappa shape index (κ2) is 6.56. The highest BCUT2D eigenvalue weighted by atomic mass is 32.1. The SMILES string of the molecule is CNc1cc(N2CCCC2CNc2ncnc3sccc23)ncn1. The quantitative estimate of drug-likeness (QED) is 0.738. The first-order valence-corrected chi connectivity index (χ1v) is 8.91. The molecule has 1 fully saturated rings. The van der Waals surface area contributed by atoms with E-state index in [9.17, 15) is 0 Å². The van der Waals surface area contributed by atoms with Crippen LogP contribution < -0.4 is 15.5 Å². The number of fused-ring (bicyclic) bond motifs is 1. The predicted octanol–water partition coefficient (Wildman–Crippen LogP) is 2.60. The van der Waals surface area contributed by atoms with Gasteiger partial charge in [0.15, 0.2) is 0 Å². The predicted molar refractivity (Wildman–Crippen MR) is 97.9 cm³/mol. The minimum Gasteiger partial charge on any atom is -0.373 e. The van der Waals surface area contributed by atoms with E-state index in [2.05, 4.69) is 41.5 Å². The van der Waals surface area contributed by atoms with Crippen molar-refractivity contribution in [2.45, 2.75) is 18.9 Å². The van der Waals surface area contributed by atoms with Crippen LogP contribution in [0.25, 0.3) is 10.2 Å². The monoisotopic (exact) mass is 341 g/mol. The van der Waals surface area contributed by atoms with E-state index in [4.69, 9.17) is 0 Å². The molecule has 0 amide bonds. The van der Waals surface area contributed by atoms with E-state index in [0.717, 1.165) is 47.2 Å². The minimum absolute atomic E-state index is 0.397. The van der Waals surface area contributed by atoms with Gasteiger partial charge in [-0.05, 0) is 24.3 Å². The summed E-state index contributed by atoms with van der Waals surface area (Å²) in [6, 6.07) is 4.46. The fourth-order valence-corrected chi connectivity index (χ4v) is 3.87. The van der Waals surface area contributed by atoms with Crippen molar-refractivity contribution in [3.8, 4) is 0 Å². The van der Waals surface area contributed by atoms with Crippen molar-refractivity contribution in [1.29, 1.82) is 0 Å². The first-order chi connectivity index (χ1) is 11.8. The zero-order valence-corrected chi connectivity index (χ0v) is 14.3. The lowest BCUT2D eigenvalue weighted by Crippen LogP contribution is -2.35. The first kappa shape index (κ1) is 15.1. The van der Waals surface area contributed by atoms with E-state index in [1.807, 2.05) is 18.5 Å². The molecule has 0 spiro atoms. The van der Waals surface area contributed by atoms with Crippen LogP contribution in [0.3, 0.4) is 0 Å². The number of aromatic nitrogens is 4. The van der Waals surface area contributed by atoms with Gasteiger partial charge in [0.25, 0.3) is 0 Å². The lowest BCUT2D eigenvalue weighted by molar-refractivity contribution is 0.689. The number of rotatable bonds is 5. The van der Waals surface area contributed by atoms with Gasteiger partial charge in [0, 0.05) is 32.2 Å². The lowest BCUT2D eigenvalue weighted by atomic mass is 10.2. The summed E-state index contributed by atoms with van der Waals surface area (Å²) in [5, 5.41) is 9.71. The molecule has 0 aromatic carbocycles. The molecular weight excluding hydrogens is 322 g/mol. The van der Waals surface area contributed by atoms with Crippen LogP contribution in [0.4, 0.5) is 17.5 Å². The average molecular weight is 341 g/mol. The van der Waals surface area contributed by atoms with Gasteiger partial charge in [-0.15, -0.1) is 11.3 Å². The van der Waals surface area contributed by atoms with Crippen molar-refractivity contribution >= 4 is 39.0 Å². The van der Waals surface area contributed by atoms with Gasteiger partial charge in [-0.1, -0.05) is 0 Å². The van der Waals surface area contributed by atoms with Gasteiger partial charge in [-0.3, -0.25) is 0 Å². The smallest absolute Gasteiger partial charge is 0.138 e. The number of thiophene rings is 1. The number of hydrogen-bond donors (Lipinski definition) is 2. The zero-order chi connectivity index (χ0) is 16.4. The Balaban J connectivity index is 1.50. The third-order valence-electron chi connectivity index (χ3n) is 4.35. The summed E-state index contributed by atoms with van der Waals surface area (Å²) >= 11 is 1.64. The van der Waals surface area contributed by atoms with Gasteiger partial charge in [0.1, 0.15) is 34.9 Å². The number of nitrogens with one attached hydrogen (secondary N) is 2. The summed E-state index contributed by atoms with van der Waals surface area (Å²) in [6.45, 7) is 1.85. The Kier molecular flexibility index (Phi) is 4.12. The Bertz CT molecular complexity index is 834. The molecule has 0 bridgehead atoms. The standard InChI is InChI=1S/C16H19N7S/c1-17-13-7-14(20-9-19-13)23-5-2-3-11(23)8-18-15-12-4-6-24-16(12)22-10-21-15/h4,6-7,9-11H,2-3,5,8H2,1H3,(H,17,19,20)(H,18,21,22). The van der Waals surface area contributed by atoms with Crippen LogP contribution in [0.2, 0.25) is 0 Å². The molecule has 7 nitrogen and oxygen atoms in total. The maximum atomic E-state index is 4.44. The molecule has 24 heavy (non-hydrogen) atoms. The summed E-state index contributed by atoms with van der Waals surface area (Å²) in [7, 11) is 1.87. The normalized spacial score (nSPS) is 17.4. The van der Waals surface area contributed by atoms with Gasteiger partial charge in [0.2, 0.25) is 0 Å². The summed E-state index contributed by atoms with van der Waals surface area (Å²) in [4.78, 5) is 20.7. The Morgan fingerprint density at radius 3 is 3.08 bits per heavy atom. The molecule has 0 saturated carbocycles. The molecule has 3 aromatic rings. The van der Waals surface area contributed by atoms with Gasteiger partial charge < -0.3 is 15.5 Å². The Labute approximate surface area is 144 Å². The van der Waals surface area contributed by atoms with Crippen molar-refractivity contribution in [1.82, 2.24) is 19.9 Å². The second-order valence-electron chi connectivity index (χ2n) is 5.74. The van der Waals surface area contributed by atoms with Crippen LogP contribution in [-0.4, -0.2) is 46.1 Å². The average Bonchev–Trinajstić information content (AvgIpc) is 3.29. The van der Waals surface area contributed by atoms with Crippen LogP contribution in [0.5, 0.6) is 0 Å². The molecule has 1 saturated heterocycles. The van der Waals surface area contributed by atoms with Crippen LogP contribution in [0, 0.1) is 0 Å². The van der Waals surface area contributed by atoms with Crippen molar-refractivity contribution in [2.75, 3.05) is 35.7 Å². The highest BCUT2D eigenvalue weighted by Crippen LogP contribution is 2.27. The van der Waals surface area contributed by atoms with Gasteiger partial charge >= 0.3 is 0 Å². The van der Waals surface area contributed by atoms with Crippen molar-refractivity contribution in [3.05, 3.63) is 30.2 Å². The maximum absolute atomic E-state index is 4.44. The van der Waals surface area contributed by atoms with Crippen LogP contribution in [0.1, 0.15) is 12.8 Å². The van der Waals surface area contributed by atoms with Gasteiger partial charge in [0.05, 0.1) is 5.39 Å². The Hall–Kier alpha value is -2.48. The summed E-state index contributed by atoms with van der Waals surface area (Å²) in [5.41, 5.74) is 0. The zero-order valence-electron chi connectivity index (χ0n) is 13.4. The third-order valence-corrected chi connectivity index (χ3v) is 5.17. The van der Waals surface area contributed by atoms with E-state index >= 15 is 0 Å². The van der Waals surface area contributed by atoms with E-state index in [0.29, 0.717) is 6.04 Å². The molecule has 3 aromatic heterocycles. The van der Waals surface area contributed by atoms with Crippen molar-refractivity contribution in [3.63, 3.8) is 0 Å². The molecule has 124 valence electrons. The Morgan fingerprint density at radius 1 is 1.25 bits per heavy atom. The van der Waals surface area contributed by atoms with E-state index in [1.54, 1.807) is 24.0 Å². The highest BCUT2D eigenvalue weighted by molar-refractivity contribution is 7.16. The molecule has 1 aliphatic rings. The van der Waals surface area contributed by atoms with Gasteiger partial charge in [-0.25, -0.2) is 19.9 Å². The van der Waals surface area contributed by atoms with Crippen LogP contribution in [-0.2, 0) is 0 Å². The molecule has 2 N–H and O–H groups in total. The second-order valence-corrected chi connectivity index (χ2v) is 6.64. The van der Waals surface area contributed by atoms with Crippen LogP contribution in [0.15, 0.2) is 30.2 Å². The molecule has 1 atom stereocenters. The topological polar surface area (TPSA) is 78.9 Å². The van der Waals surface area contributed by atoms with E-state index in [-0.39, 0.29) is 0 Å². The minimum atomic E-state index is 0.397. The number of hydrogen-bond acceptors (Lipinski definition) is 8. The number of nitrogens with zero attached hydrogens (tertiary/aromatic N) is 5. The molecule has 0 radical (unpaired) electrons. The summed E-state index contributed by atoms with van der Waals surface area (Å²) in [5.74, 6) is 2.73. The fraction of sp³-hybridized carbons (Fsp3) is 0.375. The van der Waals surface area contributed by atoms with Crippen molar-refractivity contribution < 1.29 is 0 Å². The molecule has 4 heterocycles. The van der Waals surface area contributed by atoms with Gasteiger partial charge in [-0.2, -0.15) is 0 Å². The molecule has 1 aliphatic heterocycles. The van der Waals surface area contributed by atoms with E-state index < -0.39 is 0 Å². The molecule has 8 heteroatoms. The molecule has 0 aliphatic carbocycles. The van der Waals surface area contributed by atoms with Crippen molar-refractivity contribution in [2.24, 2.45) is 0 Å². The Morgan fingerprint density at radius 2 is 2.17 bits per heavy atom. The van der Waals surface area contributed by atoms with Crippen LogP contribution >= 0.6 is 11.3 Å². The molecule has 1 unspecified atom stereocenters. The van der Waals surface area contributed by atoms with E-state index in [1.165, 1.54) is 6.42 Å². The maximum Gasteiger partial charge on any atom is 0.138 e. The highest BCUT2D eigenvalue weighted by Gasteiger charge is 2.26. The first-order valence-electron chi connectivity index (χ1n) is 8.03. The molecule has 4 rings (SSSR count). The largest absolute Gasteiger partial charge is 0.373 e. The fourth-order valence-electron chi connectivity index (χ4n) is 3.14. The summed E-state index contributed by atoms with van der Waals surface area (Å²) < 4.78 is 0.